The summed E-state index contributed by atoms with van der Waals surface area (Å²) in [5.74, 6) is -0.302. The number of hydrogen-bond acceptors (Lipinski definition) is 4. The summed E-state index contributed by atoms with van der Waals surface area (Å²) in [6.07, 6.45) is 4.44. The lowest BCUT2D eigenvalue weighted by Crippen LogP contribution is -2.40. The molecule has 1 unspecified atom stereocenters. The Kier molecular flexibility index (Phi) is 5.71. The van der Waals surface area contributed by atoms with Gasteiger partial charge < -0.3 is 10.2 Å². The molecule has 0 bridgehead atoms. The van der Waals surface area contributed by atoms with E-state index in [4.69, 9.17) is 11.6 Å². The van der Waals surface area contributed by atoms with Crippen LogP contribution < -0.4 is 10.2 Å². The number of rotatable bonds is 4. The molecule has 1 amide bonds. The summed E-state index contributed by atoms with van der Waals surface area (Å²) in [7, 11) is 0. The van der Waals surface area contributed by atoms with Crippen LogP contribution in [0.5, 0.6) is 0 Å². The molecule has 0 aliphatic carbocycles. The Morgan fingerprint density at radius 3 is 2.88 bits per heavy atom. The van der Waals surface area contributed by atoms with Crippen LogP contribution in [0, 0.1) is 12.7 Å². The molecule has 7 heteroatoms. The summed E-state index contributed by atoms with van der Waals surface area (Å²) in [4.78, 5) is 23.8. The first-order chi connectivity index (χ1) is 12.5. The number of halogens is 2. The predicted molar refractivity (Wildman–Crippen MR) is 101 cm³/mol. The standard InChI is InChI=1S/C19H22ClFN4O/c1-3-14-6-4-5-9-25(14)19-22-12(2)10-17(24-19)18(26)23-13-7-8-16(21)15(20)11-13/h7-8,10-11,14H,3-6,9H2,1-2H3,(H,23,26). The Bertz CT molecular complexity index is 814. The smallest absolute Gasteiger partial charge is 0.274 e. The minimum absolute atomic E-state index is 0.0403. The summed E-state index contributed by atoms with van der Waals surface area (Å²) < 4.78 is 13.3. The highest BCUT2D eigenvalue weighted by Gasteiger charge is 2.24. The van der Waals surface area contributed by atoms with Crippen LogP contribution in [-0.2, 0) is 0 Å². The van der Waals surface area contributed by atoms with Crippen molar-refractivity contribution in [1.29, 1.82) is 0 Å². The number of carbonyl (C=O) groups excluding carboxylic acids is 1. The number of nitrogens with one attached hydrogen (secondary N) is 1. The monoisotopic (exact) mass is 376 g/mol. The van der Waals surface area contributed by atoms with Gasteiger partial charge in [-0.2, -0.15) is 0 Å². The van der Waals surface area contributed by atoms with E-state index in [2.05, 4.69) is 27.1 Å². The summed E-state index contributed by atoms with van der Waals surface area (Å²) >= 11 is 5.77. The molecule has 1 N–H and O–H groups in total. The Balaban J connectivity index is 1.84. The second-order valence-corrected chi connectivity index (χ2v) is 6.94. The number of nitrogens with zero attached hydrogens (tertiary/aromatic N) is 3. The van der Waals surface area contributed by atoms with Crippen molar-refractivity contribution in [3.63, 3.8) is 0 Å². The van der Waals surface area contributed by atoms with Crippen molar-refractivity contribution in [3.8, 4) is 0 Å². The van der Waals surface area contributed by atoms with Crippen LogP contribution in [0.15, 0.2) is 24.3 Å². The lowest BCUT2D eigenvalue weighted by molar-refractivity contribution is 0.102. The maximum Gasteiger partial charge on any atom is 0.274 e. The second-order valence-electron chi connectivity index (χ2n) is 6.53. The lowest BCUT2D eigenvalue weighted by atomic mass is 10.0. The highest BCUT2D eigenvalue weighted by Crippen LogP contribution is 2.25. The average molecular weight is 377 g/mol. The molecule has 3 rings (SSSR count). The van der Waals surface area contributed by atoms with Gasteiger partial charge in [0.1, 0.15) is 11.5 Å². The molecule has 1 aromatic carbocycles. The van der Waals surface area contributed by atoms with E-state index in [9.17, 15) is 9.18 Å². The largest absolute Gasteiger partial charge is 0.338 e. The zero-order chi connectivity index (χ0) is 18.7. The van der Waals surface area contributed by atoms with Crippen molar-refractivity contribution in [2.75, 3.05) is 16.8 Å². The number of piperidine rings is 1. The highest BCUT2D eigenvalue weighted by molar-refractivity contribution is 6.31. The molecule has 138 valence electrons. The van der Waals surface area contributed by atoms with Gasteiger partial charge in [-0.15, -0.1) is 0 Å². The van der Waals surface area contributed by atoms with Crippen LogP contribution in [0.1, 0.15) is 48.8 Å². The van der Waals surface area contributed by atoms with Crippen LogP contribution in [0.2, 0.25) is 5.02 Å². The number of amides is 1. The first kappa shape index (κ1) is 18.6. The van der Waals surface area contributed by atoms with E-state index in [1.54, 1.807) is 6.07 Å². The van der Waals surface area contributed by atoms with Gasteiger partial charge in [0.2, 0.25) is 5.95 Å². The summed E-state index contributed by atoms with van der Waals surface area (Å²) in [5.41, 5.74) is 1.44. The van der Waals surface area contributed by atoms with E-state index in [0.717, 1.165) is 31.5 Å². The van der Waals surface area contributed by atoms with Gasteiger partial charge in [0.25, 0.3) is 5.91 Å². The molecule has 1 fully saturated rings. The number of carbonyl (C=O) groups is 1. The number of hydrogen-bond donors (Lipinski definition) is 1. The van der Waals surface area contributed by atoms with Gasteiger partial charge in [-0.05, 0) is 56.9 Å². The molecular formula is C19H22ClFN4O. The second kappa shape index (κ2) is 7.99. The van der Waals surface area contributed by atoms with E-state index in [0.29, 0.717) is 17.7 Å². The van der Waals surface area contributed by atoms with E-state index in [1.807, 2.05) is 6.92 Å². The fourth-order valence-corrected chi connectivity index (χ4v) is 3.44. The van der Waals surface area contributed by atoms with Gasteiger partial charge in [0.05, 0.1) is 5.02 Å². The molecule has 0 spiro atoms. The number of aromatic nitrogens is 2. The fourth-order valence-electron chi connectivity index (χ4n) is 3.25. The minimum Gasteiger partial charge on any atom is -0.338 e. The van der Waals surface area contributed by atoms with Crippen molar-refractivity contribution < 1.29 is 9.18 Å². The molecule has 2 heterocycles. The van der Waals surface area contributed by atoms with Gasteiger partial charge in [-0.3, -0.25) is 4.79 Å². The normalized spacial score (nSPS) is 17.2. The van der Waals surface area contributed by atoms with Gasteiger partial charge in [-0.25, -0.2) is 14.4 Å². The zero-order valence-electron chi connectivity index (χ0n) is 14.9. The third-order valence-corrected chi connectivity index (χ3v) is 4.90. The quantitative estimate of drug-likeness (QED) is 0.847. The first-order valence-corrected chi connectivity index (χ1v) is 9.24. The van der Waals surface area contributed by atoms with Crippen molar-refractivity contribution in [2.24, 2.45) is 0 Å². The van der Waals surface area contributed by atoms with E-state index in [1.165, 1.54) is 24.6 Å². The summed E-state index contributed by atoms with van der Waals surface area (Å²) in [5, 5.41) is 2.67. The van der Waals surface area contributed by atoms with Crippen LogP contribution in [-0.4, -0.2) is 28.5 Å². The van der Waals surface area contributed by atoms with Crippen LogP contribution in [0.25, 0.3) is 0 Å². The topological polar surface area (TPSA) is 58.1 Å². The predicted octanol–water partition coefficient (Wildman–Crippen LogP) is 4.60. The van der Waals surface area contributed by atoms with Gasteiger partial charge in [0.15, 0.2) is 0 Å². The SMILES string of the molecule is CCC1CCCCN1c1nc(C)cc(C(=O)Nc2ccc(F)c(Cl)c2)n1. The summed E-state index contributed by atoms with van der Waals surface area (Å²) in [6, 6.07) is 6.11. The first-order valence-electron chi connectivity index (χ1n) is 8.86. The molecular weight excluding hydrogens is 355 g/mol. The van der Waals surface area contributed by atoms with E-state index < -0.39 is 5.82 Å². The average Bonchev–Trinajstić information content (AvgIpc) is 2.64. The van der Waals surface area contributed by atoms with Gasteiger partial charge in [0, 0.05) is 24.0 Å². The van der Waals surface area contributed by atoms with Crippen LogP contribution >= 0.6 is 11.6 Å². The maximum absolute atomic E-state index is 13.3. The van der Waals surface area contributed by atoms with Gasteiger partial charge >= 0.3 is 0 Å². The molecule has 2 aromatic rings. The highest BCUT2D eigenvalue weighted by atomic mass is 35.5. The van der Waals surface area contributed by atoms with Crippen molar-refractivity contribution in [3.05, 3.63) is 46.5 Å². The molecule has 1 aliphatic rings. The van der Waals surface area contributed by atoms with Crippen molar-refractivity contribution >= 4 is 29.1 Å². The molecule has 0 saturated carbocycles. The van der Waals surface area contributed by atoms with E-state index >= 15 is 0 Å². The summed E-state index contributed by atoms with van der Waals surface area (Å²) in [6.45, 7) is 4.91. The van der Waals surface area contributed by atoms with Crippen molar-refractivity contribution in [2.45, 2.75) is 45.6 Å². The third kappa shape index (κ3) is 4.12. The molecule has 0 radical (unpaired) electrons. The molecule has 1 aromatic heterocycles. The molecule has 1 atom stereocenters. The molecule has 1 saturated heterocycles. The number of aryl methyl sites for hydroxylation is 1. The van der Waals surface area contributed by atoms with Gasteiger partial charge in [-0.1, -0.05) is 18.5 Å². The van der Waals surface area contributed by atoms with Crippen LogP contribution in [0.4, 0.5) is 16.0 Å². The Morgan fingerprint density at radius 1 is 1.35 bits per heavy atom. The minimum atomic E-state index is -0.527. The maximum atomic E-state index is 13.3. The van der Waals surface area contributed by atoms with Crippen molar-refractivity contribution in [1.82, 2.24) is 9.97 Å². The third-order valence-electron chi connectivity index (χ3n) is 4.61. The zero-order valence-corrected chi connectivity index (χ0v) is 15.7. The van der Waals surface area contributed by atoms with E-state index in [-0.39, 0.29) is 16.6 Å². The Morgan fingerprint density at radius 2 is 2.15 bits per heavy atom. The number of anilines is 2. The molecule has 1 aliphatic heterocycles. The molecule has 5 nitrogen and oxygen atoms in total. The number of benzene rings is 1. The lowest BCUT2D eigenvalue weighted by Gasteiger charge is -2.35. The fraction of sp³-hybridized carbons (Fsp3) is 0.421. The molecule has 26 heavy (non-hydrogen) atoms. The Hall–Kier alpha value is -2.21. The van der Waals surface area contributed by atoms with Crippen LogP contribution in [0.3, 0.4) is 0 Å². The Labute approximate surface area is 157 Å².